The average molecular weight is 286 g/mol. The fraction of sp³-hybridized carbons (Fsp3) is 0.111. The summed E-state index contributed by atoms with van der Waals surface area (Å²) in [5.74, 6) is 0. The molecule has 0 atom stereocenters. The molecule has 4 heteroatoms. The van der Waals surface area contributed by atoms with E-state index in [2.05, 4.69) is 22.1 Å². The minimum Gasteiger partial charge on any atom is -0.291 e. The maximum Gasteiger partial charge on any atom is 0.0998 e. The Balaban J connectivity index is 1.90. The number of nitriles is 2. The van der Waals surface area contributed by atoms with Gasteiger partial charge in [-0.1, -0.05) is 36.4 Å². The Morgan fingerprint density at radius 3 is 1.55 bits per heavy atom. The maximum atomic E-state index is 8.97. The van der Waals surface area contributed by atoms with Crippen LogP contribution in [0.3, 0.4) is 0 Å². The predicted molar refractivity (Wildman–Crippen MR) is 87.2 cm³/mol. The van der Waals surface area contributed by atoms with Crippen molar-refractivity contribution >= 4 is 12.4 Å². The van der Waals surface area contributed by atoms with Crippen molar-refractivity contribution in [3.63, 3.8) is 0 Å². The summed E-state index contributed by atoms with van der Waals surface area (Å²) >= 11 is 0. The third-order valence-electron chi connectivity index (χ3n) is 2.98. The zero-order valence-electron chi connectivity index (χ0n) is 12.0. The summed E-state index contributed by atoms with van der Waals surface area (Å²) in [6, 6.07) is 18.9. The summed E-state index contributed by atoms with van der Waals surface area (Å²) < 4.78 is 0. The van der Waals surface area contributed by atoms with Crippen LogP contribution in [-0.4, -0.2) is 25.5 Å². The quantitative estimate of drug-likeness (QED) is 0.626. The van der Waals surface area contributed by atoms with E-state index in [0.29, 0.717) is 24.2 Å². The molecule has 0 fully saturated rings. The predicted octanol–water partition coefficient (Wildman–Crippen LogP) is 2.97. The smallest absolute Gasteiger partial charge is 0.0998 e. The molecular weight excluding hydrogens is 272 g/mol. The maximum absolute atomic E-state index is 8.97. The third-order valence-corrected chi connectivity index (χ3v) is 2.98. The van der Waals surface area contributed by atoms with Gasteiger partial charge in [-0.25, -0.2) is 0 Å². The van der Waals surface area contributed by atoms with Crippen LogP contribution in [0.2, 0.25) is 0 Å². The van der Waals surface area contributed by atoms with E-state index in [1.807, 2.05) is 36.4 Å². The molecule has 22 heavy (non-hydrogen) atoms. The first kappa shape index (κ1) is 15.2. The Morgan fingerprint density at radius 2 is 1.14 bits per heavy atom. The van der Waals surface area contributed by atoms with E-state index in [9.17, 15) is 0 Å². The second-order valence-electron chi connectivity index (χ2n) is 4.47. The Bertz CT molecular complexity index is 709. The first-order chi connectivity index (χ1) is 10.8. The van der Waals surface area contributed by atoms with Gasteiger partial charge in [-0.2, -0.15) is 10.5 Å². The highest BCUT2D eigenvalue weighted by Gasteiger charge is 1.97. The normalized spacial score (nSPS) is 10.6. The Labute approximate surface area is 129 Å². The largest absolute Gasteiger partial charge is 0.291 e. The third kappa shape index (κ3) is 4.13. The van der Waals surface area contributed by atoms with Crippen molar-refractivity contribution in [1.29, 1.82) is 10.5 Å². The highest BCUT2D eigenvalue weighted by atomic mass is 14.8. The molecule has 0 saturated carbocycles. The minimum absolute atomic E-state index is 0.533. The van der Waals surface area contributed by atoms with Crippen LogP contribution in [0.15, 0.2) is 58.5 Å². The molecule has 0 amide bonds. The van der Waals surface area contributed by atoms with Crippen LogP contribution in [0.25, 0.3) is 0 Å². The molecule has 0 radical (unpaired) electrons. The topological polar surface area (TPSA) is 72.3 Å². The first-order valence-corrected chi connectivity index (χ1v) is 6.83. The van der Waals surface area contributed by atoms with Gasteiger partial charge in [0.05, 0.1) is 36.4 Å². The van der Waals surface area contributed by atoms with Crippen molar-refractivity contribution in [1.82, 2.24) is 0 Å². The van der Waals surface area contributed by atoms with Gasteiger partial charge in [0.1, 0.15) is 0 Å². The molecule has 0 aromatic heterocycles. The zero-order valence-corrected chi connectivity index (χ0v) is 12.0. The van der Waals surface area contributed by atoms with Crippen LogP contribution in [0.5, 0.6) is 0 Å². The molecule has 2 aromatic carbocycles. The first-order valence-electron chi connectivity index (χ1n) is 6.83. The summed E-state index contributed by atoms with van der Waals surface area (Å²) in [6.07, 6.45) is 3.38. The second kappa shape index (κ2) is 8.14. The summed E-state index contributed by atoms with van der Waals surface area (Å²) in [7, 11) is 0. The molecule has 0 heterocycles. The number of rotatable bonds is 5. The van der Waals surface area contributed by atoms with Gasteiger partial charge in [0, 0.05) is 23.6 Å². The minimum atomic E-state index is 0.533. The molecule has 0 aliphatic heterocycles. The lowest BCUT2D eigenvalue weighted by Gasteiger charge is -1.96. The molecule has 0 unspecified atom stereocenters. The van der Waals surface area contributed by atoms with Crippen molar-refractivity contribution in [2.24, 2.45) is 9.98 Å². The molecule has 0 aliphatic carbocycles. The van der Waals surface area contributed by atoms with Gasteiger partial charge in [-0.3, -0.25) is 9.98 Å². The van der Waals surface area contributed by atoms with Gasteiger partial charge >= 0.3 is 0 Å². The van der Waals surface area contributed by atoms with Crippen LogP contribution in [0, 0.1) is 22.7 Å². The standard InChI is InChI=1S/C18H14N4/c19-11-15-5-1-3-7-17(15)13-21-9-10-22-14-18-8-4-2-6-16(18)12-20/h1-8,13-14H,9-10H2. The lowest BCUT2D eigenvalue weighted by Crippen LogP contribution is -1.93. The zero-order chi connectivity index (χ0) is 15.6. The molecule has 2 aromatic rings. The van der Waals surface area contributed by atoms with Crippen molar-refractivity contribution in [2.75, 3.05) is 13.1 Å². The summed E-state index contributed by atoms with van der Waals surface area (Å²) in [4.78, 5) is 8.54. The van der Waals surface area contributed by atoms with Crippen LogP contribution < -0.4 is 0 Å². The van der Waals surface area contributed by atoms with E-state index in [1.54, 1.807) is 24.6 Å². The fourth-order valence-corrected chi connectivity index (χ4v) is 1.86. The van der Waals surface area contributed by atoms with E-state index in [4.69, 9.17) is 10.5 Å². The van der Waals surface area contributed by atoms with Crippen molar-refractivity contribution in [3.05, 3.63) is 70.8 Å². The molecule has 0 saturated heterocycles. The molecule has 106 valence electrons. The summed E-state index contributed by atoms with van der Waals surface area (Å²) in [5.41, 5.74) is 2.84. The van der Waals surface area contributed by atoms with E-state index in [0.717, 1.165) is 11.1 Å². The molecule has 0 N–H and O–H groups in total. The molecule has 2 rings (SSSR count). The van der Waals surface area contributed by atoms with Crippen molar-refractivity contribution in [2.45, 2.75) is 0 Å². The van der Waals surface area contributed by atoms with Crippen LogP contribution in [0.1, 0.15) is 22.3 Å². The van der Waals surface area contributed by atoms with Crippen LogP contribution >= 0.6 is 0 Å². The molecule has 0 spiro atoms. The fourth-order valence-electron chi connectivity index (χ4n) is 1.86. The SMILES string of the molecule is N#Cc1ccccc1C=NCCN=Cc1ccccc1C#N. The van der Waals surface area contributed by atoms with Crippen LogP contribution in [-0.2, 0) is 0 Å². The lowest BCUT2D eigenvalue weighted by molar-refractivity contribution is 0.985. The van der Waals surface area contributed by atoms with Crippen LogP contribution in [0.4, 0.5) is 0 Å². The van der Waals surface area contributed by atoms with E-state index < -0.39 is 0 Å². The van der Waals surface area contributed by atoms with Gasteiger partial charge in [0.15, 0.2) is 0 Å². The number of benzene rings is 2. The molecular formula is C18H14N4. The average Bonchev–Trinajstić information content (AvgIpc) is 2.58. The molecule has 4 nitrogen and oxygen atoms in total. The molecule has 0 aliphatic rings. The number of aliphatic imine (C=N–C) groups is 2. The van der Waals surface area contributed by atoms with Crippen molar-refractivity contribution < 1.29 is 0 Å². The van der Waals surface area contributed by atoms with Gasteiger partial charge in [-0.05, 0) is 12.1 Å². The second-order valence-corrected chi connectivity index (χ2v) is 4.47. The monoisotopic (exact) mass is 286 g/mol. The Morgan fingerprint density at radius 1 is 0.727 bits per heavy atom. The van der Waals surface area contributed by atoms with E-state index in [-0.39, 0.29) is 0 Å². The van der Waals surface area contributed by atoms with Crippen molar-refractivity contribution in [3.8, 4) is 12.1 Å². The summed E-state index contributed by atoms with van der Waals surface area (Å²) in [5, 5.41) is 17.9. The highest BCUT2D eigenvalue weighted by molar-refractivity contribution is 5.84. The van der Waals surface area contributed by atoms with Gasteiger partial charge in [0.25, 0.3) is 0 Å². The number of nitrogens with zero attached hydrogens (tertiary/aromatic N) is 4. The van der Waals surface area contributed by atoms with Gasteiger partial charge in [0.2, 0.25) is 0 Å². The van der Waals surface area contributed by atoms with E-state index >= 15 is 0 Å². The van der Waals surface area contributed by atoms with Gasteiger partial charge < -0.3 is 0 Å². The lowest BCUT2D eigenvalue weighted by atomic mass is 10.1. The number of hydrogen-bond donors (Lipinski definition) is 0. The Kier molecular flexibility index (Phi) is 5.61. The molecule has 0 bridgehead atoms. The van der Waals surface area contributed by atoms with Gasteiger partial charge in [-0.15, -0.1) is 0 Å². The summed E-state index contributed by atoms with van der Waals surface area (Å²) in [6.45, 7) is 1.07. The highest BCUT2D eigenvalue weighted by Crippen LogP contribution is 2.05. The number of hydrogen-bond acceptors (Lipinski definition) is 4. The Hall–Kier alpha value is -3.24. The van der Waals surface area contributed by atoms with E-state index in [1.165, 1.54) is 0 Å².